The molecular weight excluding hydrogens is 148 g/mol. The number of aliphatic hydroxyl groups excluding tert-OH is 1. The molecule has 1 aliphatic rings. The molecule has 1 rings (SSSR count). The first-order chi connectivity index (χ1) is 5.25. The SMILES string of the molecule is COCO[C@@H]1CO[C@H](O)[C@H]1C. The van der Waals surface area contributed by atoms with E-state index in [0.29, 0.717) is 6.61 Å². The fraction of sp³-hybridized carbons (Fsp3) is 1.00. The minimum Gasteiger partial charge on any atom is -0.368 e. The fourth-order valence-corrected chi connectivity index (χ4v) is 1.04. The Labute approximate surface area is 66.1 Å². The number of hydrogen-bond donors (Lipinski definition) is 1. The third-order valence-electron chi connectivity index (χ3n) is 1.87. The Hall–Kier alpha value is -0.160. The molecule has 0 spiro atoms. The number of hydrogen-bond acceptors (Lipinski definition) is 4. The second-order valence-electron chi connectivity index (χ2n) is 2.69. The van der Waals surface area contributed by atoms with Crippen molar-refractivity contribution in [1.29, 1.82) is 0 Å². The molecule has 1 saturated heterocycles. The van der Waals surface area contributed by atoms with Crippen molar-refractivity contribution in [2.75, 3.05) is 20.5 Å². The van der Waals surface area contributed by atoms with Crippen LogP contribution in [0.25, 0.3) is 0 Å². The summed E-state index contributed by atoms with van der Waals surface area (Å²) in [4.78, 5) is 0. The Morgan fingerprint density at radius 3 is 2.82 bits per heavy atom. The predicted octanol–water partition coefficient (Wildman–Crippen LogP) is -0.0398. The lowest BCUT2D eigenvalue weighted by Crippen LogP contribution is -2.24. The zero-order valence-corrected chi connectivity index (χ0v) is 6.82. The van der Waals surface area contributed by atoms with E-state index in [1.165, 1.54) is 0 Å². The molecule has 4 heteroatoms. The van der Waals surface area contributed by atoms with Gasteiger partial charge in [-0.2, -0.15) is 0 Å². The first-order valence-electron chi connectivity index (χ1n) is 3.66. The summed E-state index contributed by atoms with van der Waals surface area (Å²) in [5, 5.41) is 9.12. The van der Waals surface area contributed by atoms with Crippen LogP contribution in [0.4, 0.5) is 0 Å². The van der Waals surface area contributed by atoms with Crippen molar-refractivity contribution in [3.8, 4) is 0 Å². The van der Waals surface area contributed by atoms with Crippen molar-refractivity contribution in [2.45, 2.75) is 19.3 Å². The van der Waals surface area contributed by atoms with E-state index in [1.54, 1.807) is 7.11 Å². The van der Waals surface area contributed by atoms with Gasteiger partial charge in [-0.05, 0) is 0 Å². The zero-order chi connectivity index (χ0) is 8.27. The molecule has 0 aromatic rings. The van der Waals surface area contributed by atoms with Gasteiger partial charge < -0.3 is 19.3 Å². The van der Waals surface area contributed by atoms with Gasteiger partial charge in [-0.15, -0.1) is 0 Å². The smallest absolute Gasteiger partial charge is 0.159 e. The zero-order valence-electron chi connectivity index (χ0n) is 6.82. The first-order valence-corrected chi connectivity index (χ1v) is 3.66. The lowest BCUT2D eigenvalue weighted by molar-refractivity contribution is -0.0862. The number of aliphatic hydroxyl groups is 1. The predicted molar refractivity (Wildman–Crippen MR) is 37.9 cm³/mol. The summed E-state index contributed by atoms with van der Waals surface area (Å²) >= 11 is 0. The summed E-state index contributed by atoms with van der Waals surface area (Å²) in [5.74, 6) is 0.0325. The molecule has 0 saturated carbocycles. The topological polar surface area (TPSA) is 47.9 Å². The molecule has 1 aliphatic heterocycles. The highest BCUT2D eigenvalue weighted by atomic mass is 16.7. The first kappa shape index (κ1) is 8.93. The summed E-state index contributed by atoms with van der Waals surface area (Å²) in [6.45, 7) is 2.59. The maximum Gasteiger partial charge on any atom is 0.159 e. The lowest BCUT2D eigenvalue weighted by atomic mass is 10.1. The van der Waals surface area contributed by atoms with E-state index in [9.17, 15) is 0 Å². The van der Waals surface area contributed by atoms with E-state index < -0.39 is 6.29 Å². The minimum absolute atomic E-state index is 0.0325. The summed E-state index contributed by atoms with van der Waals surface area (Å²) < 4.78 is 14.9. The average molecular weight is 162 g/mol. The van der Waals surface area contributed by atoms with Crippen molar-refractivity contribution in [3.63, 3.8) is 0 Å². The highest BCUT2D eigenvalue weighted by Gasteiger charge is 2.32. The summed E-state index contributed by atoms with van der Waals surface area (Å²) in [6, 6.07) is 0. The van der Waals surface area contributed by atoms with Crippen LogP contribution in [-0.2, 0) is 14.2 Å². The van der Waals surface area contributed by atoms with Gasteiger partial charge in [-0.25, -0.2) is 0 Å². The molecule has 0 radical (unpaired) electrons. The highest BCUT2D eigenvalue weighted by molar-refractivity contribution is 4.74. The van der Waals surface area contributed by atoms with Crippen molar-refractivity contribution in [1.82, 2.24) is 0 Å². The van der Waals surface area contributed by atoms with Gasteiger partial charge in [0.2, 0.25) is 0 Å². The van der Waals surface area contributed by atoms with Crippen molar-refractivity contribution >= 4 is 0 Å². The standard InChI is InChI=1S/C7H14O4/c1-5-6(11-4-9-2)3-10-7(5)8/h5-8H,3-4H2,1-2H3/t5-,6+,7-/m0/s1. The molecule has 1 heterocycles. The van der Waals surface area contributed by atoms with Crippen LogP contribution < -0.4 is 0 Å². The molecule has 0 bridgehead atoms. The largest absolute Gasteiger partial charge is 0.368 e. The van der Waals surface area contributed by atoms with E-state index in [1.807, 2.05) is 6.92 Å². The Kier molecular flexibility index (Phi) is 3.26. The second kappa shape index (κ2) is 4.01. The van der Waals surface area contributed by atoms with Crippen LogP contribution in [0.3, 0.4) is 0 Å². The molecule has 3 atom stereocenters. The second-order valence-corrected chi connectivity index (χ2v) is 2.69. The molecular formula is C7H14O4. The third-order valence-corrected chi connectivity index (χ3v) is 1.87. The normalized spacial score (nSPS) is 37.9. The van der Waals surface area contributed by atoms with Crippen LogP contribution in [-0.4, -0.2) is 38.0 Å². The van der Waals surface area contributed by atoms with Gasteiger partial charge in [0.1, 0.15) is 6.79 Å². The van der Waals surface area contributed by atoms with Gasteiger partial charge in [-0.3, -0.25) is 0 Å². The molecule has 0 amide bonds. The third kappa shape index (κ3) is 2.13. The fourth-order valence-electron chi connectivity index (χ4n) is 1.04. The molecule has 0 aliphatic carbocycles. The number of rotatable bonds is 3. The van der Waals surface area contributed by atoms with E-state index >= 15 is 0 Å². The quantitative estimate of drug-likeness (QED) is 0.591. The van der Waals surface area contributed by atoms with Crippen LogP contribution in [0, 0.1) is 5.92 Å². The molecule has 11 heavy (non-hydrogen) atoms. The van der Waals surface area contributed by atoms with Gasteiger partial charge >= 0.3 is 0 Å². The molecule has 0 aromatic carbocycles. The minimum atomic E-state index is -0.683. The average Bonchev–Trinajstić information content (AvgIpc) is 2.31. The van der Waals surface area contributed by atoms with Crippen LogP contribution in [0.15, 0.2) is 0 Å². The summed E-state index contributed by atoms with van der Waals surface area (Å²) in [7, 11) is 1.57. The van der Waals surface area contributed by atoms with Gasteiger partial charge in [0.05, 0.1) is 12.7 Å². The summed E-state index contributed by atoms with van der Waals surface area (Å²) in [5.41, 5.74) is 0. The van der Waals surface area contributed by atoms with E-state index in [4.69, 9.17) is 19.3 Å². The van der Waals surface area contributed by atoms with Crippen LogP contribution in [0.1, 0.15) is 6.92 Å². The molecule has 66 valence electrons. The molecule has 0 aromatic heterocycles. The van der Waals surface area contributed by atoms with Gasteiger partial charge in [0.25, 0.3) is 0 Å². The maximum atomic E-state index is 9.12. The van der Waals surface area contributed by atoms with E-state index in [-0.39, 0.29) is 18.8 Å². The van der Waals surface area contributed by atoms with Gasteiger partial charge in [-0.1, -0.05) is 6.92 Å². The van der Waals surface area contributed by atoms with Crippen LogP contribution in [0.5, 0.6) is 0 Å². The van der Waals surface area contributed by atoms with E-state index in [0.717, 1.165) is 0 Å². The lowest BCUT2D eigenvalue weighted by Gasteiger charge is -2.14. The van der Waals surface area contributed by atoms with Crippen molar-refractivity contribution in [3.05, 3.63) is 0 Å². The maximum absolute atomic E-state index is 9.12. The van der Waals surface area contributed by atoms with Crippen molar-refractivity contribution in [2.24, 2.45) is 5.92 Å². The Morgan fingerprint density at radius 2 is 2.36 bits per heavy atom. The molecule has 1 fully saturated rings. The molecule has 0 unspecified atom stereocenters. The van der Waals surface area contributed by atoms with Crippen LogP contribution in [0.2, 0.25) is 0 Å². The van der Waals surface area contributed by atoms with Gasteiger partial charge in [0.15, 0.2) is 6.29 Å². The molecule has 1 N–H and O–H groups in total. The number of methoxy groups -OCH3 is 1. The summed E-state index contributed by atoms with van der Waals surface area (Å²) in [6.07, 6.45) is -0.721. The van der Waals surface area contributed by atoms with Gasteiger partial charge in [0, 0.05) is 13.0 Å². The van der Waals surface area contributed by atoms with Crippen LogP contribution >= 0.6 is 0 Å². The van der Waals surface area contributed by atoms with Crippen molar-refractivity contribution < 1.29 is 19.3 Å². The Morgan fingerprint density at radius 1 is 1.64 bits per heavy atom. The van der Waals surface area contributed by atoms with E-state index in [2.05, 4.69) is 0 Å². The number of ether oxygens (including phenoxy) is 3. The monoisotopic (exact) mass is 162 g/mol. The Bertz CT molecular complexity index is 117. The highest BCUT2D eigenvalue weighted by Crippen LogP contribution is 2.21. The Balaban J connectivity index is 2.24. The molecule has 4 nitrogen and oxygen atoms in total.